The van der Waals surface area contributed by atoms with E-state index in [-0.39, 0.29) is 0 Å². The van der Waals surface area contributed by atoms with E-state index >= 15 is 0 Å². The van der Waals surface area contributed by atoms with E-state index in [1.54, 1.807) is 0 Å². The van der Waals surface area contributed by atoms with Crippen LogP contribution >= 0.6 is 0 Å². The second-order valence-electron chi connectivity index (χ2n) is 4.52. The van der Waals surface area contributed by atoms with Crippen LogP contribution in [0, 0.1) is 0 Å². The van der Waals surface area contributed by atoms with Crippen molar-refractivity contribution in [2.24, 2.45) is 5.73 Å². The molecule has 0 radical (unpaired) electrons. The summed E-state index contributed by atoms with van der Waals surface area (Å²) in [5.41, 5.74) is 10.7. The van der Waals surface area contributed by atoms with E-state index in [0.29, 0.717) is 13.0 Å². The van der Waals surface area contributed by atoms with Gasteiger partial charge < -0.3 is 15.5 Å². The maximum absolute atomic E-state index is 10.7. The Morgan fingerprint density at radius 3 is 2.75 bits per heavy atom. The molecule has 4 nitrogen and oxygen atoms in total. The van der Waals surface area contributed by atoms with Crippen LogP contribution in [0.3, 0.4) is 0 Å². The molecule has 1 amide bonds. The molecule has 1 aromatic carbocycles. The minimum Gasteiger partial charge on any atom is -0.327 e. The van der Waals surface area contributed by atoms with E-state index < -0.39 is 0 Å². The molecule has 3 aromatic rings. The molecule has 3 N–H and O–H groups in total. The van der Waals surface area contributed by atoms with Crippen molar-refractivity contribution in [3.63, 3.8) is 0 Å². The van der Waals surface area contributed by atoms with Crippen LogP contribution in [0.5, 0.6) is 0 Å². The smallest absolute Gasteiger partial charge is 0.211 e. The van der Waals surface area contributed by atoms with Gasteiger partial charge in [-0.2, -0.15) is 0 Å². The van der Waals surface area contributed by atoms with E-state index in [4.69, 9.17) is 5.73 Å². The van der Waals surface area contributed by atoms with Gasteiger partial charge in [0.2, 0.25) is 6.41 Å². The zero-order valence-electron chi connectivity index (χ0n) is 10.9. The van der Waals surface area contributed by atoms with Crippen LogP contribution in [0.4, 0.5) is 5.69 Å². The maximum Gasteiger partial charge on any atom is 0.211 e. The van der Waals surface area contributed by atoms with Gasteiger partial charge in [0.25, 0.3) is 0 Å². The third-order valence-corrected chi connectivity index (χ3v) is 3.40. The van der Waals surface area contributed by atoms with Gasteiger partial charge in [0, 0.05) is 18.3 Å². The van der Waals surface area contributed by atoms with Crippen molar-refractivity contribution in [2.45, 2.75) is 6.54 Å². The number of carbonyl (C=O) groups is 1. The van der Waals surface area contributed by atoms with Gasteiger partial charge in [0.05, 0.1) is 16.9 Å². The Balaban J connectivity index is 2.28. The largest absolute Gasteiger partial charge is 0.327 e. The Labute approximate surface area is 116 Å². The number of benzene rings is 1. The highest BCUT2D eigenvalue weighted by atomic mass is 16.1. The molecule has 0 aliphatic rings. The van der Waals surface area contributed by atoms with Gasteiger partial charge >= 0.3 is 0 Å². The van der Waals surface area contributed by atoms with Crippen LogP contribution in [0.1, 0.15) is 5.56 Å². The molecule has 0 spiro atoms. The summed E-state index contributed by atoms with van der Waals surface area (Å²) < 4.78 is 2.06. The van der Waals surface area contributed by atoms with E-state index in [1.807, 2.05) is 54.7 Å². The molecule has 0 aliphatic heterocycles. The summed E-state index contributed by atoms with van der Waals surface area (Å²) in [4.78, 5) is 10.7. The lowest BCUT2D eigenvalue weighted by molar-refractivity contribution is -0.105. The van der Waals surface area contributed by atoms with Crippen molar-refractivity contribution in [3.05, 3.63) is 60.3 Å². The zero-order chi connectivity index (χ0) is 13.9. The molecular formula is C16H15N3O. The second-order valence-corrected chi connectivity index (χ2v) is 4.52. The number of anilines is 1. The molecule has 0 atom stereocenters. The number of pyridine rings is 1. The molecule has 0 aliphatic carbocycles. The lowest BCUT2D eigenvalue weighted by atomic mass is 10.0. The second kappa shape index (κ2) is 5.19. The molecule has 20 heavy (non-hydrogen) atoms. The molecule has 0 bridgehead atoms. The van der Waals surface area contributed by atoms with Crippen molar-refractivity contribution in [3.8, 4) is 11.3 Å². The Kier molecular flexibility index (Phi) is 3.23. The van der Waals surface area contributed by atoms with Gasteiger partial charge in [-0.3, -0.25) is 4.79 Å². The highest BCUT2D eigenvalue weighted by Gasteiger charge is 2.12. The molecular weight excluding hydrogens is 250 g/mol. The molecule has 0 saturated heterocycles. The minimum atomic E-state index is 0.479. The quantitative estimate of drug-likeness (QED) is 0.712. The topological polar surface area (TPSA) is 59.5 Å². The number of rotatable bonds is 4. The zero-order valence-corrected chi connectivity index (χ0v) is 10.9. The highest BCUT2D eigenvalue weighted by molar-refractivity contribution is 5.88. The van der Waals surface area contributed by atoms with Gasteiger partial charge in [-0.1, -0.05) is 30.3 Å². The van der Waals surface area contributed by atoms with Crippen LogP contribution in [-0.4, -0.2) is 10.8 Å². The number of nitrogens with zero attached hydrogens (tertiary/aromatic N) is 1. The van der Waals surface area contributed by atoms with E-state index in [0.717, 1.165) is 28.0 Å². The Bertz CT molecular complexity index is 761. The number of aromatic nitrogens is 1. The fourth-order valence-electron chi connectivity index (χ4n) is 2.49. The fourth-order valence-corrected chi connectivity index (χ4v) is 2.49. The summed E-state index contributed by atoms with van der Waals surface area (Å²) in [7, 11) is 0. The third-order valence-electron chi connectivity index (χ3n) is 3.40. The third kappa shape index (κ3) is 1.96. The van der Waals surface area contributed by atoms with Crippen LogP contribution in [0.2, 0.25) is 0 Å². The fraction of sp³-hybridized carbons (Fsp3) is 0.0625. The molecule has 100 valence electrons. The van der Waals surface area contributed by atoms with Crippen molar-refractivity contribution in [1.82, 2.24) is 4.40 Å². The van der Waals surface area contributed by atoms with E-state index in [9.17, 15) is 4.79 Å². The van der Waals surface area contributed by atoms with Crippen LogP contribution in [-0.2, 0) is 11.3 Å². The van der Waals surface area contributed by atoms with Gasteiger partial charge in [-0.05, 0) is 23.8 Å². The van der Waals surface area contributed by atoms with Crippen LogP contribution in [0.15, 0.2) is 54.7 Å². The average molecular weight is 265 g/mol. The number of nitrogens with one attached hydrogen (secondary N) is 1. The number of fused-ring (bicyclic) bond motifs is 1. The number of hydrogen-bond acceptors (Lipinski definition) is 2. The van der Waals surface area contributed by atoms with Crippen LogP contribution < -0.4 is 11.1 Å². The summed E-state index contributed by atoms with van der Waals surface area (Å²) in [6, 6.07) is 15.9. The molecule has 2 aromatic heterocycles. The van der Waals surface area contributed by atoms with Crippen molar-refractivity contribution >= 4 is 17.6 Å². The molecule has 2 heterocycles. The van der Waals surface area contributed by atoms with Gasteiger partial charge in [0.1, 0.15) is 0 Å². The normalized spacial score (nSPS) is 10.7. The summed E-state index contributed by atoms with van der Waals surface area (Å²) in [6.07, 6.45) is 2.68. The highest BCUT2D eigenvalue weighted by Crippen LogP contribution is 2.31. The molecule has 3 rings (SSSR count). The first-order chi connectivity index (χ1) is 9.85. The summed E-state index contributed by atoms with van der Waals surface area (Å²) >= 11 is 0. The molecule has 4 heteroatoms. The summed E-state index contributed by atoms with van der Waals surface area (Å²) in [6.45, 7) is 0.479. The maximum atomic E-state index is 10.7. The Hall–Kier alpha value is -2.59. The first-order valence-corrected chi connectivity index (χ1v) is 6.43. The van der Waals surface area contributed by atoms with Gasteiger partial charge in [-0.25, -0.2) is 0 Å². The number of nitrogens with two attached hydrogens (primary N) is 1. The van der Waals surface area contributed by atoms with E-state index in [2.05, 4.69) is 9.72 Å². The summed E-state index contributed by atoms with van der Waals surface area (Å²) in [5, 5.41) is 2.75. The predicted molar refractivity (Wildman–Crippen MR) is 80.4 cm³/mol. The van der Waals surface area contributed by atoms with Crippen LogP contribution in [0.25, 0.3) is 16.8 Å². The van der Waals surface area contributed by atoms with Crippen molar-refractivity contribution < 1.29 is 4.79 Å². The molecule has 0 unspecified atom stereocenters. The SMILES string of the molecule is NCc1ccccc1-c1cc(NC=O)c2ccccn12. The molecule has 0 fully saturated rings. The number of amides is 1. The van der Waals surface area contributed by atoms with E-state index in [1.165, 1.54) is 0 Å². The number of hydrogen-bond donors (Lipinski definition) is 2. The predicted octanol–water partition coefficient (Wildman–Crippen LogP) is 2.63. The first-order valence-electron chi connectivity index (χ1n) is 6.43. The Morgan fingerprint density at radius 1 is 1.15 bits per heavy atom. The summed E-state index contributed by atoms with van der Waals surface area (Å²) in [5.74, 6) is 0. The molecule has 0 saturated carbocycles. The Morgan fingerprint density at radius 2 is 1.95 bits per heavy atom. The van der Waals surface area contributed by atoms with Crippen molar-refractivity contribution in [2.75, 3.05) is 5.32 Å². The monoisotopic (exact) mass is 265 g/mol. The standard InChI is InChI=1S/C16H15N3O/c17-10-12-5-1-2-6-13(12)16-9-14(18-11-20)15-7-3-4-8-19(15)16/h1-9,11H,10,17H2,(H,18,20). The minimum absolute atomic E-state index is 0.479. The van der Waals surface area contributed by atoms with Gasteiger partial charge in [0.15, 0.2) is 0 Å². The number of carbonyl (C=O) groups excluding carboxylic acids is 1. The van der Waals surface area contributed by atoms with Gasteiger partial charge in [-0.15, -0.1) is 0 Å². The lowest BCUT2D eigenvalue weighted by Gasteiger charge is -2.07. The van der Waals surface area contributed by atoms with Crippen molar-refractivity contribution in [1.29, 1.82) is 0 Å². The lowest BCUT2D eigenvalue weighted by Crippen LogP contribution is -1.99. The average Bonchev–Trinajstić information content (AvgIpc) is 2.87. The first kappa shape index (κ1) is 12.4.